The largest absolute Gasteiger partial charge is 0.487 e. The quantitative estimate of drug-likeness (QED) is 0.273. The van der Waals surface area contributed by atoms with Crippen molar-refractivity contribution in [2.24, 2.45) is 0 Å². The van der Waals surface area contributed by atoms with E-state index in [0.717, 1.165) is 22.6 Å². The second-order valence-electron chi connectivity index (χ2n) is 6.83. The van der Waals surface area contributed by atoms with E-state index in [9.17, 15) is 4.79 Å². The number of oxazole rings is 1. The number of carbonyl (C=O) groups excluding carboxylic acids is 1. The van der Waals surface area contributed by atoms with Crippen molar-refractivity contribution in [2.75, 3.05) is 0 Å². The van der Waals surface area contributed by atoms with Gasteiger partial charge in [0.15, 0.2) is 0 Å². The lowest BCUT2D eigenvalue weighted by molar-refractivity contribution is -0.294. The predicted octanol–water partition coefficient (Wildman–Crippen LogP) is 6.15. The van der Waals surface area contributed by atoms with Crippen molar-refractivity contribution in [1.29, 1.82) is 0 Å². The van der Waals surface area contributed by atoms with Gasteiger partial charge in [0, 0.05) is 0 Å². The third-order valence-electron chi connectivity index (χ3n) is 4.47. The number of ether oxygens (including phenoxy) is 1. The van der Waals surface area contributed by atoms with Gasteiger partial charge < -0.3 is 9.15 Å². The average molecular weight is 450 g/mol. The monoisotopic (exact) mass is 449 g/mol. The van der Waals surface area contributed by atoms with Gasteiger partial charge in [0.1, 0.15) is 29.9 Å². The standard InChI is InChI=1S/C22H24ClNO5S/c1-4-14(2)28-29-21(25)12-7-16-5-8-17(9-6-16)26-13-18-15(3)27-22(24-18)19-10-11-20(23)30-19/h5-6,8-11,14H,4,7,12-13H2,1-3H3. The molecule has 3 rings (SSSR count). The first-order valence-corrected chi connectivity index (χ1v) is 10.9. The maximum absolute atomic E-state index is 11.7. The fraction of sp³-hybridized carbons (Fsp3) is 0.364. The van der Waals surface area contributed by atoms with Crippen LogP contribution in [0.25, 0.3) is 10.8 Å². The van der Waals surface area contributed by atoms with Crippen LogP contribution in [0.1, 0.15) is 43.7 Å². The van der Waals surface area contributed by atoms with Crippen molar-refractivity contribution in [3.8, 4) is 16.5 Å². The van der Waals surface area contributed by atoms with Gasteiger partial charge in [-0.05, 0) is 56.5 Å². The molecule has 1 unspecified atom stereocenters. The lowest BCUT2D eigenvalue weighted by Crippen LogP contribution is -2.13. The number of hydrogen-bond donors (Lipinski definition) is 0. The van der Waals surface area contributed by atoms with Crippen molar-refractivity contribution in [1.82, 2.24) is 4.98 Å². The van der Waals surface area contributed by atoms with Crippen molar-refractivity contribution in [3.63, 3.8) is 0 Å². The predicted molar refractivity (Wildman–Crippen MR) is 116 cm³/mol. The molecule has 30 heavy (non-hydrogen) atoms. The second-order valence-corrected chi connectivity index (χ2v) is 8.54. The zero-order valence-corrected chi connectivity index (χ0v) is 18.7. The molecule has 0 bridgehead atoms. The van der Waals surface area contributed by atoms with Crippen LogP contribution in [-0.2, 0) is 27.6 Å². The lowest BCUT2D eigenvalue weighted by atomic mass is 10.1. The number of thiophene rings is 1. The Bertz CT molecular complexity index is 966. The summed E-state index contributed by atoms with van der Waals surface area (Å²) in [6, 6.07) is 11.3. The molecular formula is C22H24ClNO5S. The summed E-state index contributed by atoms with van der Waals surface area (Å²) in [5.41, 5.74) is 1.75. The van der Waals surface area contributed by atoms with Gasteiger partial charge in [0.25, 0.3) is 0 Å². The van der Waals surface area contributed by atoms with Crippen LogP contribution in [0.5, 0.6) is 5.75 Å². The summed E-state index contributed by atoms with van der Waals surface area (Å²) < 4.78 is 12.2. The maximum Gasteiger partial charge on any atom is 0.342 e. The van der Waals surface area contributed by atoms with Crippen LogP contribution >= 0.6 is 22.9 Å². The summed E-state index contributed by atoms with van der Waals surface area (Å²) in [5.74, 6) is 1.59. The minimum atomic E-state index is -0.375. The van der Waals surface area contributed by atoms with Gasteiger partial charge in [-0.3, -0.25) is 4.89 Å². The number of nitrogens with zero attached hydrogens (tertiary/aromatic N) is 1. The van der Waals surface area contributed by atoms with E-state index in [1.807, 2.05) is 57.2 Å². The number of benzene rings is 1. The lowest BCUT2D eigenvalue weighted by Gasteiger charge is -2.09. The highest BCUT2D eigenvalue weighted by Crippen LogP contribution is 2.31. The summed E-state index contributed by atoms with van der Waals surface area (Å²) in [6.07, 6.45) is 1.51. The van der Waals surface area contributed by atoms with Crippen molar-refractivity contribution >= 4 is 28.9 Å². The van der Waals surface area contributed by atoms with Gasteiger partial charge in [0.05, 0.1) is 15.6 Å². The molecule has 6 nitrogen and oxygen atoms in total. The Labute approximate surface area is 184 Å². The molecule has 8 heteroatoms. The molecule has 0 radical (unpaired) electrons. The number of rotatable bonds is 10. The molecule has 0 N–H and O–H groups in total. The summed E-state index contributed by atoms with van der Waals surface area (Å²) in [7, 11) is 0. The van der Waals surface area contributed by atoms with E-state index in [1.165, 1.54) is 11.3 Å². The van der Waals surface area contributed by atoms with E-state index in [1.54, 1.807) is 0 Å². The Hall–Kier alpha value is -2.35. The number of halogens is 1. The topological polar surface area (TPSA) is 70.8 Å². The highest BCUT2D eigenvalue weighted by molar-refractivity contribution is 7.19. The van der Waals surface area contributed by atoms with E-state index >= 15 is 0 Å². The highest BCUT2D eigenvalue weighted by atomic mass is 35.5. The SMILES string of the molecule is CCC(C)OOC(=O)CCc1ccc(OCc2nc(-c3ccc(Cl)s3)oc2C)cc1. The Morgan fingerprint density at radius 2 is 2.00 bits per heavy atom. The molecule has 1 aromatic carbocycles. The van der Waals surface area contributed by atoms with Crippen molar-refractivity contribution < 1.29 is 23.7 Å². The molecule has 0 saturated carbocycles. The van der Waals surface area contributed by atoms with Crippen molar-refractivity contribution in [3.05, 3.63) is 57.8 Å². The minimum absolute atomic E-state index is 0.0991. The van der Waals surface area contributed by atoms with Gasteiger partial charge in [-0.1, -0.05) is 30.7 Å². The third-order valence-corrected chi connectivity index (χ3v) is 5.69. The summed E-state index contributed by atoms with van der Waals surface area (Å²) in [5, 5.41) is 0. The van der Waals surface area contributed by atoms with Gasteiger partial charge >= 0.3 is 5.97 Å². The molecule has 0 spiro atoms. The van der Waals surface area contributed by atoms with Gasteiger partial charge in [0.2, 0.25) is 5.89 Å². The highest BCUT2D eigenvalue weighted by Gasteiger charge is 2.14. The molecule has 0 amide bonds. The minimum Gasteiger partial charge on any atom is -0.487 e. The number of aryl methyl sites for hydroxylation is 2. The van der Waals surface area contributed by atoms with E-state index in [0.29, 0.717) is 34.8 Å². The van der Waals surface area contributed by atoms with E-state index in [2.05, 4.69) is 4.98 Å². The fourth-order valence-electron chi connectivity index (χ4n) is 2.49. The zero-order valence-electron chi connectivity index (χ0n) is 17.1. The summed E-state index contributed by atoms with van der Waals surface area (Å²) >= 11 is 7.40. The van der Waals surface area contributed by atoms with Crippen LogP contribution in [0.3, 0.4) is 0 Å². The fourth-order valence-corrected chi connectivity index (χ4v) is 3.46. The molecule has 0 fully saturated rings. The average Bonchev–Trinajstić information content (AvgIpc) is 3.35. The van der Waals surface area contributed by atoms with Crippen molar-refractivity contribution in [2.45, 2.75) is 52.7 Å². The molecule has 160 valence electrons. The second kappa shape index (κ2) is 10.6. The first-order chi connectivity index (χ1) is 14.4. The Morgan fingerprint density at radius 3 is 2.67 bits per heavy atom. The smallest absolute Gasteiger partial charge is 0.342 e. The Kier molecular flexibility index (Phi) is 7.90. The molecule has 2 heterocycles. The molecule has 1 atom stereocenters. The Morgan fingerprint density at radius 1 is 1.23 bits per heavy atom. The van der Waals surface area contributed by atoms with E-state index in [4.69, 9.17) is 30.5 Å². The van der Waals surface area contributed by atoms with Crippen LogP contribution in [0.15, 0.2) is 40.8 Å². The molecule has 0 aliphatic rings. The number of aromatic nitrogens is 1. The number of hydrogen-bond acceptors (Lipinski definition) is 7. The Balaban J connectivity index is 1.48. The molecular weight excluding hydrogens is 426 g/mol. The molecule has 0 aliphatic carbocycles. The molecule has 2 aromatic heterocycles. The van der Waals surface area contributed by atoms with Crippen LogP contribution < -0.4 is 4.74 Å². The zero-order chi connectivity index (χ0) is 21.5. The summed E-state index contributed by atoms with van der Waals surface area (Å²) in [6.45, 7) is 5.97. The normalized spacial score (nSPS) is 12.0. The molecule has 3 aromatic rings. The number of carbonyl (C=O) groups is 1. The maximum atomic E-state index is 11.7. The van der Waals surface area contributed by atoms with E-state index in [-0.39, 0.29) is 18.5 Å². The first-order valence-electron chi connectivity index (χ1n) is 9.74. The van der Waals surface area contributed by atoms with Crippen LogP contribution in [0.4, 0.5) is 0 Å². The molecule has 0 aliphatic heterocycles. The molecule has 0 saturated heterocycles. The third kappa shape index (κ3) is 6.32. The van der Waals surface area contributed by atoms with Crippen LogP contribution in [0.2, 0.25) is 4.34 Å². The van der Waals surface area contributed by atoms with Crippen LogP contribution in [-0.4, -0.2) is 17.1 Å². The van der Waals surface area contributed by atoms with Gasteiger partial charge in [-0.25, -0.2) is 9.78 Å². The van der Waals surface area contributed by atoms with Gasteiger partial charge in [-0.15, -0.1) is 11.3 Å². The first kappa shape index (κ1) is 22.3. The van der Waals surface area contributed by atoms with E-state index < -0.39 is 0 Å². The summed E-state index contributed by atoms with van der Waals surface area (Å²) in [4.78, 5) is 26.9. The van der Waals surface area contributed by atoms with Crippen LogP contribution in [0, 0.1) is 6.92 Å². The van der Waals surface area contributed by atoms with Gasteiger partial charge in [-0.2, -0.15) is 4.89 Å².